The third-order valence-electron chi connectivity index (χ3n) is 4.20. The van der Waals surface area contributed by atoms with Crippen LogP contribution in [0, 0.1) is 5.92 Å². The lowest BCUT2D eigenvalue weighted by Crippen LogP contribution is -2.36. The Hall–Kier alpha value is -1.95. The number of benzene rings is 1. The van der Waals surface area contributed by atoms with E-state index in [1.807, 2.05) is 36.7 Å². The first-order valence-corrected chi connectivity index (χ1v) is 8.86. The molecule has 1 atom stereocenters. The number of fused-ring (bicyclic) bond motifs is 1. The first-order valence-electron chi connectivity index (χ1n) is 8.05. The number of imidazole rings is 1. The summed E-state index contributed by atoms with van der Waals surface area (Å²) in [6.45, 7) is 3.81. The predicted molar refractivity (Wildman–Crippen MR) is 92.2 cm³/mol. The van der Waals surface area contributed by atoms with Crippen molar-refractivity contribution in [1.82, 2.24) is 19.6 Å². The van der Waals surface area contributed by atoms with Gasteiger partial charge in [0.05, 0.1) is 12.0 Å². The van der Waals surface area contributed by atoms with E-state index >= 15 is 0 Å². The van der Waals surface area contributed by atoms with E-state index in [0.29, 0.717) is 12.5 Å². The first-order chi connectivity index (χ1) is 11.3. The second-order valence-corrected chi connectivity index (χ2v) is 6.64. The molecule has 2 N–H and O–H groups in total. The van der Waals surface area contributed by atoms with E-state index in [1.54, 1.807) is 0 Å². The van der Waals surface area contributed by atoms with Gasteiger partial charge in [-0.25, -0.2) is 9.78 Å². The van der Waals surface area contributed by atoms with Gasteiger partial charge in [-0.3, -0.25) is 4.72 Å². The largest absolute Gasteiger partial charge is 0.337 e. The molecule has 1 aliphatic rings. The second kappa shape index (κ2) is 7.55. The van der Waals surface area contributed by atoms with Gasteiger partial charge >= 0.3 is 6.03 Å². The minimum atomic E-state index is -0.135. The van der Waals surface area contributed by atoms with Gasteiger partial charge in [0.25, 0.3) is 0 Å². The van der Waals surface area contributed by atoms with E-state index in [2.05, 4.69) is 26.5 Å². The molecule has 2 aromatic rings. The molecule has 5 nitrogen and oxygen atoms in total. The SMILES string of the molecule is CCn1cnc2c1CCC(CNC(=O)NSc1ccccc1)C2. The van der Waals surface area contributed by atoms with Gasteiger partial charge in [0.1, 0.15) is 0 Å². The normalized spacial score (nSPS) is 16.7. The zero-order valence-electron chi connectivity index (χ0n) is 13.3. The van der Waals surface area contributed by atoms with Crippen LogP contribution in [0.25, 0.3) is 0 Å². The Morgan fingerprint density at radius 3 is 3.00 bits per heavy atom. The standard InChI is InChI=1S/C17H22N4OS/c1-2-21-12-19-15-10-13(8-9-16(15)21)11-18-17(22)20-23-14-6-4-3-5-7-14/h3-7,12-13H,2,8-11H2,1H3,(H2,18,20,22). The van der Waals surface area contributed by atoms with E-state index < -0.39 is 0 Å². The maximum absolute atomic E-state index is 11.9. The van der Waals surface area contributed by atoms with Gasteiger partial charge in [-0.2, -0.15) is 0 Å². The minimum absolute atomic E-state index is 0.135. The van der Waals surface area contributed by atoms with Gasteiger partial charge in [-0.1, -0.05) is 18.2 Å². The highest BCUT2D eigenvalue weighted by molar-refractivity contribution is 7.98. The van der Waals surface area contributed by atoms with Gasteiger partial charge in [-0.15, -0.1) is 0 Å². The molecular weight excluding hydrogens is 308 g/mol. The number of aryl methyl sites for hydroxylation is 1. The summed E-state index contributed by atoms with van der Waals surface area (Å²) in [5.41, 5.74) is 2.57. The molecular formula is C17H22N4OS. The predicted octanol–water partition coefficient (Wildman–Crippen LogP) is 3.01. The third kappa shape index (κ3) is 4.07. The molecule has 1 aromatic carbocycles. The number of rotatable bonds is 5. The summed E-state index contributed by atoms with van der Waals surface area (Å²) in [7, 11) is 0. The van der Waals surface area contributed by atoms with Crippen LogP contribution < -0.4 is 10.0 Å². The molecule has 0 aliphatic heterocycles. The molecule has 6 heteroatoms. The average Bonchev–Trinajstić information content (AvgIpc) is 3.01. The summed E-state index contributed by atoms with van der Waals surface area (Å²) in [6, 6.07) is 9.67. The van der Waals surface area contributed by atoms with Crippen molar-refractivity contribution in [2.24, 2.45) is 5.92 Å². The van der Waals surface area contributed by atoms with Crippen molar-refractivity contribution >= 4 is 18.0 Å². The summed E-state index contributed by atoms with van der Waals surface area (Å²) >= 11 is 1.33. The molecule has 0 spiro atoms. The fourth-order valence-electron chi connectivity index (χ4n) is 2.94. The van der Waals surface area contributed by atoms with Gasteiger partial charge in [-0.05, 0) is 56.2 Å². The molecule has 0 saturated heterocycles. The van der Waals surface area contributed by atoms with Gasteiger partial charge in [0.2, 0.25) is 0 Å². The monoisotopic (exact) mass is 330 g/mol. The third-order valence-corrected chi connectivity index (χ3v) is 5.00. The highest BCUT2D eigenvalue weighted by Gasteiger charge is 2.22. The lowest BCUT2D eigenvalue weighted by Gasteiger charge is -2.22. The summed E-state index contributed by atoms with van der Waals surface area (Å²) in [6.07, 6.45) is 5.04. The maximum atomic E-state index is 11.9. The fourth-order valence-corrected chi connectivity index (χ4v) is 3.51. The van der Waals surface area contributed by atoms with Crippen LogP contribution in [0.1, 0.15) is 24.7 Å². The smallest absolute Gasteiger partial charge is 0.325 e. The zero-order chi connectivity index (χ0) is 16.1. The molecule has 23 heavy (non-hydrogen) atoms. The topological polar surface area (TPSA) is 59.0 Å². The Labute approximate surface area is 141 Å². The Bertz CT molecular complexity index is 656. The number of hydrogen-bond donors (Lipinski definition) is 2. The molecule has 3 rings (SSSR count). The number of carbonyl (C=O) groups excluding carboxylic acids is 1. The molecule has 0 bridgehead atoms. The van der Waals surface area contributed by atoms with Crippen LogP contribution in [-0.2, 0) is 19.4 Å². The van der Waals surface area contributed by atoms with E-state index in [4.69, 9.17) is 0 Å². The molecule has 1 heterocycles. The quantitative estimate of drug-likeness (QED) is 0.829. The van der Waals surface area contributed by atoms with Crippen LogP contribution in [0.15, 0.2) is 41.6 Å². The number of aromatic nitrogens is 2. The first kappa shape index (κ1) is 15.9. The average molecular weight is 330 g/mol. The van der Waals surface area contributed by atoms with Gasteiger partial charge in [0, 0.05) is 23.7 Å². The molecule has 1 aromatic heterocycles. The van der Waals surface area contributed by atoms with Crippen LogP contribution in [0.4, 0.5) is 4.79 Å². The van der Waals surface area contributed by atoms with Crippen molar-refractivity contribution in [1.29, 1.82) is 0 Å². The van der Waals surface area contributed by atoms with E-state index in [-0.39, 0.29) is 6.03 Å². The molecule has 122 valence electrons. The van der Waals surface area contributed by atoms with Crippen LogP contribution in [0.3, 0.4) is 0 Å². The molecule has 0 fully saturated rings. The molecule has 0 radical (unpaired) electrons. The fraction of sp³-hybridized carbons (Fsp3) is 0.412. The highest BCUT2D eigenvalue weighted by Crippen LogP contribution is 2.24. The lowest BCUT2D eigenvalue weighted by atomic mass is 9.89. The van der Waals surface area contributed by atoms with Crippen molar-refractivity contribution in [2.45, 2.75) is 37.6 Å². The Kier molecular flexibility index (Phi) is 5.23. The number of nitrogens with zero attached hydrogens (tertiary/aromatic N) is 2. The summed E-state index contributed by atoms with van der Waals surface area (Å²) in [5.74, 6) is 0.468. The second-order valence-electron chi connectivity index (χ2n) is 5.76. The van der Waals surface area contributed by atoms with Crippen molar-refractivity contribution in [2.75, 3.05) is 6.54 Å². The number of urea groups is 1. The summed E-state index contributed by atoms with van der Waals surface area (Å²) in [5, 5.41) is 2.97. The Morgan fingerprint density at radius 2 is 2.22 bits per heavy atom. The molecule has 1 unspecified atom stereocenters. The number of carbonyl (C=O) groups is 1. The van der Waals surface area contributed by atoms with Crippen molar-refractivity contribution in [3.8, 4) is 0 Å². The number of hydrogen-bond acceptors (Lipinski definition) is 3. The summed E-state index contributed by atoms with van der Waals surface area (Å²) in [4.78, 5) is 17.4. The Balaban J connectivity index is 1.43. The van der Waals surface area contributed by atoms with E-state index in [1.165, 1.54) is 23.3 Å². The Morgan fingerprint density at radius 1 is 1.39 bits per heavy atom. The van der Waals surface area contributed by atoms with Crippen LogP contribution >= 0.6 is 11.9 Å². The van der Waals surface area contributed by atoms with Crippen molar-refractivity contribution in [3.63, 3.8) is 0 Å². The maximum Gasteiger partial charge on any atom is 0.325 e. The molecule has 0 saturated carbocycles. The van der Waals surface area contributed by atoms with E-state index in [0.717, 1.165) is 30.7 Å². The van der Waals surface area contributed by atoms with Crippen LogP contribution in [0.2, 0.25) is 0 Å². The summed E-state index contributed by atoms with van der Waals surface area (Å²) < 4.78 is 5.04. The van der Waals surface area contributed by atoms with Crippen molar-refractivity contribution < 1.29 is 4.79 Å². The van der Waals surface area contributed by atoms with Gasteiger partial charge in [0.15, 0.2) is 0 Å². The minimum Gasteiger partial charge on any atom is -0.337 e. The lowest BCUT2D eigenvalue weighted by molar-refractivity contribution is 0.243. The molecule has 2 amide bonds. The van der Waals surface area contributed by atoms with Crippen LogP contribution in [0.5, 0.6) is 0 Å². The molecule has 1 aliphatic carbocycles. The van der Waals surface area contributed by atoms with Crippen molar-refractivity contribution in [3.05, 3.63) is 48.0 Å². The van der Waals surface area contributed by atoms with Gasteiger partial charge < -0.3 is 9.88 Å². The number of amides is 2. The zero-order valence-corrected chi connectivity index (χ0v) is 14.1. The number of nitrogens with one attached hydrogen (secondary N) is 2. The van der Waals surface area contributed by atoms with E-state index in [9.17, 15) is 4.79 Å². The van der Waals surface area contributed by atoms with Crippen LogP contribution in [-0.4, -0.2) is 22.1 Å². The highest BCUT2D eigenvalue weighted by atomic mass is 32.2.